The molecule has 1 aromatic carbocycles. The van der Waals surface area contributed by atoms with Crippen LogP contribution in [-0.4, -0.2) is 16.5 Å². The first-order valence-electron chi connectivity index (χ1n) is 7.17. The number of benzene rings is 1. The molecule has 3 rings (SSSR count). The molecule has 110 valence electrons. The highest BCUT2D eigenvalue weighted by Crippen LogP contribution is 2.37. The van der Waals surface area contributed by atoms with Crippen LogP contribution >= 0.6 is 11.3 Å². The maximum atomic E-state index is 10.9. The molecule has 0 radical (unpaired) electrons. The molecule has 1 unspecified atom stereocenters. The zero-order valence-electron chi connectivity index (χ0n) is 11.8. The van der Waals surface area contributed by atoms with Gasteiger partial charge in [-0.1, -0.05) is 19.1 Å². The van der Waals surface area contributed by atoms with Gasteiger partial charge in [0, 0.05) is 22.6 Å². The summed E-state index contributed by atoms with van der Waals surface area (Å²) in [5.41, 5.74) is 2.08. The van der Waals surface area contributed by atoms with Crippen LogP contribution in [0.5, 0.6) is 0 Å². The molecule has 0 aliphatic heterocycles. The van der Waals surface area contributed by atoms with Crippen LogP contribution in [0.3, 0.4) is 0 Å². The lowest BCUT2D eigenvalue weighted by atomic mass is 9.97. The maximum Gasteiger partial charge on any atom is 0.270 e. The maximum absolute atomic E-state index is 10.9. The predicted molar refractivity (Wildman–Crippen MR) is 83.6 cm³/mol. The second-order valence-electron chi connectivity index (χ2n) is 5.14. The Labute approximate surface area is 127 Å². The van der Waals surface area contributed by atoms with E-state index in [1.807, 2.05) is 6.07 Å². The van der Waals surface area contributed by atoms with Gasteiger partial charge in [-0.15, -0.1) is 11.3 Å². The lowest BCUT2D eigenvalue weighted by Gasteiger charge is -2.21. The van der Waals surface area contributed by atoms with E-state index in [0.717, 1.165) is 35.7 Å². The van der Waals surface area contributed by atoms with Crippen molar-refractivity contribution < 1.29 is 4.92 Å². The Kier molecular flexibility index (Phi) is 3.98. The Bertz CT molecular complexity index is 669. The predicted octanol–water partition coefficient (Wildman–Crippen LogP) is 3.71. The Balaban J connectivity index is 1.97. The van der Waals surface area contributed by atoms with E-state index in [1.165, 1.54) is 17.4 Å². The van der Waals surface area contributed by atoms with Gasteiger partial charge in [-0.3, -0.25) is 10.1 Å². The highest BCUT2D eigenvalue weighted by atomic mass is 32.1. The van der Waals surface area contributed by atoms with E-state index in [-0.39, 0.29) is 10.6 Å². The van der Waals surface area contributed by atoms with Gasteiger partial charge in [-0.2, -0.15) is 0 Å². The summed E-state index contributed by atoms with van der Waals surface area (Å²) in [5.74, 6) is 0. The summed E-state index contributed by atoms with van der Waals surface area (Å²) in [4.78, 5) is 16.6. The van der Waals surface area contributed by atoms with Crippen molar-refractivity contribution in [3.05, 3.63) is 45.0 Å². The number of nitrogens with one attached hydrogen (secondary N) is 1. The molecule has 1 aromatic heterocycles. The van der Waals surface area contributed by atoms with Crippen molar-refractivity contribution in [2.24, 2.45) is 0 Å². The molecule has 0 bridgehead atoms. The molecule has 0 saturated heterocycles. The molecule has 1 N–H and O–H groups in total. The average molecular weight is 303 g/mol. The van der Waals surface area contributed by atoms with E-state index in [9.17, 15) is 10.1 Å². The van der Waals surface area contributed by atoms with Crippen LogP contribution in [0.2, 0.25) is 0 Å². The van der Waals surface area contributed by atoms with Crippen LogP contribution in [0.15, 0.2) is 24.3 Å². The second kappa shape index (κ2) is 5.91. The van der Waals surface area contributed by atoms with Crippen LogP contribution in [0.1, 0.15) is 36.4 Å². The molecular formula is C15H17N3O2S. The molecule has 0 spiro atoms. The van der Waals surface area contributed by atoms with E-state index in [1.54, 1.807) is 23.5 Å². The third-order valence-corrected chi connectivity index (χ3v) is 4.89. The summed E-state index contributed by atoms with van der Waals surface area (Å²) in [6, 6.07) is 7.04. The summed E-state index contributed by atoms with van der Waals surface area (Å²) in [6.45, 7) is 3.02. The Hall–Kier alpha value is -1.79. The number of nitrogens with zero attached hydrogens (tertiary/aromatic N) is 2. The Morgan fingerprint density at radius 3 is 3.14 bits per heavy atom. The van der Waals surface area contributed by atoms with Gasteiger partial charge in [0.1, 0.15) is 5.01 Å². The van der Waals surface area contributed by atoms with Gasteiger partial charge in [0.15, 0.2) is 0 Å². The number of aryl methyl sites for hydroxylation is 1. The van der Waals surface area contributed by atoms with Gasteiger partial charge in [-0.25, -0.2) is 4.98 Å². The molecule has 1 heterocycles. The lowest BCUT2D eigenvalue weighted by molar-refractivity contribution is -0.384. The minimum atomic E-state index is -0.363. The normalized spacial score (nSPS) is 17.5. The number of hydrogen-bond acceptors (Lipinski definition) is 5. The van der Waals surface area contributed by atoms with Gasteiger partial charge in [0.25, 0.3) is 5.69 Å². The van der Waals surface area contributed by atoms with E-state index in [0.29, 0.717) is 6.04 Å². The zero-order chi connectivity index (χ0) is 14.8. The number of aromatic nitrogens is 1. The van der Waals surface area contributed by atoms with Gasteiger partial charge in [0.2, 0.25) is 0 Å². The van der Waals surface area contributed by atoms with Gasteiger partial charge < -0.3 is 5.32 Å². The minimum absolute atomic E-state index is 0.115. The standard InChI is InChI=1S/C15H17N3O2S/c1-2-16-12-7-4-8-13-14(12)17-15(21-13)10-5-3-6-11(9-10)18(19)20/h3,5-6,9,12,16H,2,4,7-8H2,1H3. The first kappa shape index (κ1) is 14.2. The van der Waals surface area contributed by atoms with E-state index in [2.05, 4.69) is 12.2 Å². The summed E-state index contributed by atoms with van der Waals surface area (Å²) in [7, 11) is 0. The largest absolute Gasteiger partial charge is 0.309 e. The molecule has 1 aliphatic rings. The van der Waals surface area contributed by atoms with Crippen LogP contribution in [0.4, 0.5) is 5.69 Å². The first-order valence-corrected chi connectivity index (χ1v) is 7.98. The summed E-state index contributed by atoms with van der Waals surface area (Å²) < 4.78 is 0. The van der Waals surface area contributed by atoms with Crippen molar-refractivity contribution >= 4 is 17.0 Å². The third kappa shape index (κ3) is 2.82. The number of hydrogen-bond donors (Lipinski definition) is 1. The van der Waals surface area contributed by atoms with Crippen molar-refractivity contribution in [3.8, 4) is 10.6 Å². The van der Waals surface area contributed by atoms with E-state index < -0.39 is 0 Å². The molecular weight excluding hydrogens is 286 g/mol. The van der Waals surface area contributed by atoms with Crippen LogP contribution < -0.4 is 5.32 Å². The number of nitro benzene ring substituents is 1. The molecule has 21 heavy (non-hydrogen) atoms. The number of nitro groups is 1. The van der Waals surface area contributed by atoms with Crippen molar-refractivity contribution in [1.29, 1.82) is 0 Å². The summed E-state index contributed by atoms with van der Waals surface area (Å²) in [5, 5.41) is 15.2. The highest BCUT2D eigenvalue weighted by molar-refractivity contribution is 7.15. The van der Waals surface area contributed by atoms with Gasteiger partial charge in [0.05, 0.1) is 16.7 Å². The van der Waals surface area contributed by atoms with Gasteiger partial charge >= 0.3 is 0 Å². The molecule has 1 aliphatic carbocycles. The monoisotopic (exact) mass is 303 g/mol. The molecule has 0 amide bonds. The fourth-order valence-corrected chi connectivity index (χ4v) is 3.90. The molecule has 2 aromatic rings. The number of rotatable bonds is 4. The third-order valence-electron chi connectivity index (χ3n) is 3.71. The topological polar surface area (TPSA) is 68.1 Å². The number of fused-ring (bicyclic) bond motifs is 1. The average Bonchev–Trinajstić information content (AvgIpc) is 2.93. The smallest absolute Gasteiger partial charge is 0.270 e. The molecule has 0 saturated carbocycles. The summed E-state index contributed by atoms with van der Waals surface area (Å²) >= 11 is 1.66. The van der Waals surface area contributed by atoms with Crippen molar-refractivity contribution in [1.82, 2.24) is 10.3 Å². The van der Waals surface area contributed by atoms with Crippen molar-refractivity contribution in [3.63, 3.8) is 0 Å². The van der Waals surface area contributed by atoms with Crippen molar-refractivity contribution in [2.45, 2.75) is 32.2 Å². The molecule has 0 fully saturated rings. The van der Waals surface area contributed by atoms with Crippen LogP contribution in [0.25, 0.3) is 10.6 Å². The van der Waals surface area contributed by atoms with E-state index >= 15 is 0 Å². The molecule has 1 atom stereocenters. The second-order valence-corrected chi connectivity index (χ2v) is 6.22. The van der Waals surface area contributed by atoms with Crippen molar-refractivity contribution in [2.75, 3.05) is 6.54 Å². The fraction of sp³-hybridized carbons (Fsp3) is 0.400. The zero-order valence-corrected chi connectivity index (χ0v) is 12.7. The van der Waals surface area contributed by atoms with Gasteiger partial charge in [-0.05, 0) is 25.8 Å². The van der Waals surface area contributed by atoms with E-state index in [4.69, 9.17) is 4.98 Å². The SMILES string of the molecule is CCNC1CCCc2sc(-c3cccc([N+](=O)[O-])c3)nc21. The quantitative estimate of drug-likeness (QED) is 0.690. The highest BCUT2D eigenvalue weighted by Gasteiger charge is 2.24. The minimum Gasteiger partial charge on any atom is -0.309 e. The Morgan fingerprint density at radius 1 is 1.52 bits per heavy atom. The number of non-ortho nitro benzene ring substituents is 1. The fourth-order valence-electron chi connectivity index (χ4n) is 2.74. The molecule has 6 heteroatoms. The van der Waals surface area contributed by atoms with Crippen LogP contribution in [0, 0.1) is 10.1 Å². The first-order chi connectivity index (χ1) is 10.2. The van der Waals surface area contributed by atoms with Crippen LogP contribution in [-0.2, 0) is 6.42 Å². The lowest BCUT2D eigenvalue weighted by Crippen LogP contribution is -2.24. The summed E-state index contributed by atoms with van der Waals surface area (Å²) in [6.07, 6.45) is 3.34. The Morgan fingerprint density at radius 2 is 2.38 bits per heavy atom. The molecule has 5 nitrogen and oxygen atoms in total. The number of thiazole rings is 1.